The zero-order valence-electron chi connectivity index (χ0n) is 16.0. The summed E-state index contributed by atoms with van der Waals surface area (Å²) in [6, 6.07) is 7.10. The van der Waals surface area contributed by atoms with E-state index in [0.29, 0.717) is 42.4 Å². The van der Waals surface area contributed by atoms with E-state index < -0.39 is 10.0 Å². The molecule has 2 aromatic rings. The number of hydrogen-bond donors (Lipinski definition) is 1. The Labute approximate surface area is 162 Å². The Balaban J connectivity index is 1.87. The summed E-state index contributed by atoms with van der Waals surface area (Å²) in [6.07, 6.45) is 6.93. The molecule has 6 nitrogen and oxygen atoms in total. The number of nitrogens with zero attached hydrogens (tertiary/aromatic N) is 2. The van der Waals surface area contributed by atoms with Gasteiger partial charge >= 0.3 is 0 Å². The lowest BCUT2D eigenvalue weighted by atomic mass is 10.2. The van der Waals surface area contributed by atoms with Crippen molar-refractivity contribution >= 4 is 20.8 Å². The maximum Gasteiger partial charge on any atom is 0.243 e. The van der Waals surface area contributed by atoms with E-state index in [1.807, 2.05) is 6.07 Å². The first-order valence-electron chi connectivity index (χ1n) is 9.86. The molecular weight excluding hydrogens is 362 g/mol. The zero-order valence-corrected chi connectivity index (χ0v) is 16.8. The summed E-state index contributed by atoms with van der Waals surface area (Å²) in [4.78, 5) is 4.67. The minimum atomic E-state index is -3.55. The molecule has 0 aliphatic carbocycles. The fourth-order valence-corrected chi connectivity index (χ4v) is 5.08. The van der Waals surface area contributed by atoms with Gasteiger partial charge in [0.1, 0.15) is 0 Å². The molecule has 1 aromatic carbocycles. The Morgan fingerprint density at radius 3 is 2.85 bits per heavy atom. The quantitative estimate of drug-likeness (QED) is 0.700. The van der Waals surface area contributed by atoms with Gasteiger partial charge in [-0.2, -0.15) is 4.31 Å². The third-order valence-corrected chi connectivity index (χ3v) is 6.84. The van der Waals surface area contributed by atoms with Gasteiger partial charge in [0.15, 0.2) is 0 Å². The van der Waals surface area contributed by atoms with Gasteiger partial charge in [0.05, 0.1) is 11.5 Å². The largest absolute Gasteiger partial charge is 0.477 e. The predicted octanol–water partition coefficient (Wildman–Crippen LogP) is 3.18. The number of rotatable bonds is 8. The molecule has 0 atom stereocenters. The molecule has 1 N–H and O–H groups in total. The van der Waals surface area contributed by atoms with Crippen LogP contribution >= 0.6 is 0 Å². The summed E-state index contributed by atoms with van der Waals surface area (Å²) < 4.78 is 33.9. The minimum Gasteiger partial charge on any atom is -0.477 e. The van der Waals surface area contributed by atoms with Gasteiger partial charge in [-0.25, -0.2) is 13.4 Å². The van der Waals surface area contributed by atoms with Gasteiger partial charge in [0, 0.05) is 36.6 Å². The number of fused-ring (bicyclic) bond motifs is 1. The second-order valence-corrected chi connectivity index (χ2v) is 8.79. The van der Waals surface area contributed by atoms with E-state index >= 15 is 0 Å². The van der Waals surface area contributed by atoms with Crippen molar-refractivity contribution in [1.29, 1.82) is 0 Å². The Hall–Kier alpha value is -1.70. The summed E-state index contributed by atoms with van der Waals surface area (Å²) >= 11 is 0. The van der Waals surface area contributed by atoms with Crippen molar-refractivity contribution in [2.45, 2.75) is 43.9 Å². The van der Waals surface area contributed by atoms with Gasteiger partial charge < -0.3 is 10.1 Å². The van der Waals surface area contributed by atoms with Crippen molar-refractivity contribution in [3.05, 3.63) is 30.5 Å². The van der Waals surface area contributed by atoms with Crippen LogP contribution in [0, 0.1) is 0 Å². The summed E-state index contributed by atoms with van der Waals surface area (Å²) in [5.41, 5.74) is 0. The van der Waals surface area contributed by atoms with Crippen LogP contribution in [0.2, 0.25) is 0 Å². The molecule has 3 rings (SSSR count). The number of ether oxygens (including phenoxy) is 1. The molecule has 0 bridgehead atoms. The first-order valence-corrected chi connectivity index (χ1v) is 11.3. The molecule has 0 unspecified atom stereocenters. The van der Waals surface area contributed by atoms with E-state index in [1.54, 1.807) is 28.7 Å². The molecule has 1 aliphatic rings. The van der Waals surface area contributed by atoms with Crippen LogP contribution in [0.1, 0.15) is 39.0 Å². The summed E-state index contributed by atoms with van der Waals surface area (Å²) in [6.45, 7) is 5.33. The fourth-order valence-electron chi connectivity index (χ4n) is 3.39. The Morgan fingerprint density at radius 1 is 1.11 bits per heavy atom. The standard InChI is InChI=1S/C20H29N3O3S/c1-2-3-4-5-16-26-20-18-8-6-9-19(17(18)10-12-22-20)27(24,25)23-14-7-11-21-13-15-23/h6,8-10,12,21H,2-5,7,11,13-16H2,1H3. The van der Waals surface area contributed by atoms with Gasteiger partial charge in [0.2, 0.25) is 15.9 Å². The Bertz CT molecular complexity index is 847. The number of sulfonamides is 1. The van der Waals surface area contributed by atoms with E-state index in [2.05, 4.69) is 17.2 Å². The molecule has 0 amide bonds. The molecule has 0 saturated carbocycles. The van der Waals surface area contributed by atoms with Gasteiger partial charge in [-0.3, -0.25) is 0 Å². The average molecular weight is 392 g/mol. The van der Waals surface area contributed by atoms with Gasteiger partial charge in [-0.1, -0.05) is 32.3 Å². The fraction of sp³-hybridized carbons (Fsp3) is 0.550. The van der Waals surface area contributed by atoms with E-state index in [4.69, 9.17) is 4.74 Å². The van der Waals surface area contributed by atoms with Crippen LogP contribution in [0.25, 0.3) is 10.8 Å². The van der Waals surface area contributed by atoms with Gasteiger partial charge in [-0.15, -0.1) is 0 Å². The van der Waals surface area contributed by atoms with Crippen LogP contribution < -0.4 is 10.1 Å². The molecule has 0 radical (unpaired) electrons. The molecule has 0 spiro atoms. The van der Waals surface area contributed by atoms with Crippen LogP contribution in [0.3, 0.4) is 0 Å². The van der Waals surface area contributed by atoms with Crippen molar-refractivity contribution < 1.29 is 13.2 Å². The number of benzene rings is 1. The van der Waals surface area contributed by atoms with Crippen molar-refractivity contribution in [3.63, 3.8) is 0 Å². The third-order valence-electron chi connectivity index (χ3n) is 4.88. The highest BCUT2D eigenvalue weighted by molar-refractivity contribution is 7.89. The second kappa shape index (κ2) is 9.48. The van der Waals surface area contributed by atoms with Crippen molar-refractivity contribution in [1.82, 2.24) is 14.6 Å². The van der Waals surface area contributed by atoms with Crippen LogP contribution in [0.4, 0.5) is 0 Å². The molecule has 2 heterocycles. The summed E-state index contributed by atoms with van der Waals surface area (Å²) in [5, 5.41) is 4.67. The average Bonchev–Trinajstić information content (AvgIpc) is 2.97. The smallest absolute Gasteiger partial charge is 0.243 e. The van der Waals surface area contributed by atoms with E-state index in [9.17, 15) is 8.42 Å². The van der Waals surface area contributed by atoms with Crippen LogP contribution in [0.5, 0.6) is 5.88 Å². The number of aromatic nitrogens is 1. The van der Waals surface area contributed by atoms with Crippen LogP contribution in [0.15, 0.2) is 35.4 Å². The summed E-state index contributed by atoms with van der Waals surface area (Å²) in [7, 11) is -3.55. The van der Waals surface area contributed by atoms with Crippen molar-refractivity contribution in [2.75, 3.05) is 32.8 Å². The van der Waals surface area contributed by atoms with Crippen LogP contribution in [-0.4, -0.2) is 50.5 Å². The molecule has 27 heavy (non-hydrogen) atoms. The van der Waals surface area contributed by atoms with Crippen LogP contribution in [-0.2, 0) is 10.0 Å². The number of pyridine rings is 1. The minimum absolute atomic E-state index is 0.333. The Morgan fingerprint density at radius 2 is 2.00 bits per heavy atom. The third kappa shape index (κ3) is 4.78. The van der Waals surface area contributed by atoms with Crippen molar-refractivity contribution in [3.8, 4) is 5.88 Å². The molecule has 1 saturated heterocycles. The normalized spacial score (nSPS) is 16.3. The lowest BCUT2D eigenvalue weighted by Gasteiger charge is -2.21. The lowest BCUT2D eigenvalue weighted by Crippen LogP contribution is -2.34. The lowest BCUT2D eigenvalue weighted by molar-refractivity contribution is 0.297. The molecule has 1 aromatic heterocycles. The number of hydrogen-bond acceptors (Lipinski definition) is 5. The molecular formula is C20H29N3O3S. The maximum absolute atomic E-state index is 13.2. The SMILES string of the molecule is CCCCCCOc1nccc2c(S(=O)(=O)N3CCCNCC3)cccc12. The highest BCUT2D eigenvalue weighted by Gasteiger charge is 2.27. The Kier molecular flexibility index (Phi) is 7.04. The van der Waals surface area contributed by atoms with E-state index in [1.165, 1.54) is 12.8 Å². The topological polar surface area (TPSA) is 71.5 Å². The predicted molar refractivity (Wildman–Crippen MR) is 108 cm³/mol. The van der Waals surface area contributed by atoms with Gasteiger partial charge in [0.25, 0.3) is 0 Å². The monoisotopic (exact) mass is 391 g/mol. The highest BCUT2D eigenvalue weighted by atomic mass is 32.2. The highest BCUT2D eigenvalue weighted by Crippen LogP contribution is 2.30. The molecule has 7 heteroatoms. The first kappa shape index (κ1) is 20.0. The maximum atomic E-state index is 13.2. The number of unbranched alkanes of at least 4 members (excludes halogenated alkanes) is 3. The van der Waals surface area contributed by atoms with E-state index in [-0.39, 0.29) is 0 Å². The van der Waals surface area contributed by atoms with Crippen molar-refractivity contribution in [2.24, 2.45) is 0 Å². The summed E-state index contributed by atoms with van der Waals surface area (Å²) in [5.74, 6) is 0.513. The molecule has 1 fully saturated rings. The van der Waals surface area contributed by atoms with E-state index in [0.717, 1.165) is 31.2 Å². The zero-order chi connectivity index (χ0) is 19.1. The first-order chi connectivity index (χ1) is 13.1. The number of nitrogens with one attached hydrogen (secondary N) is 1. The molecule has 1 aliphatic heterocycles. The molecule has 148 valence electrons. The van der Waals surface area contributed by atoms with Gasteiger partial charge in [-0.05, 0) is 37.6 Å². The second-order valence-electron chi connectivity index (χ2n) is 6.88.